The van der Waals surface area contributed by atoms with E-state index in [1.807, 2.05) is 0 Å². The van der Waals surface area contributed by atoms with Gasteiger partial charge in [0.2, 0.25) is 53.5 Å². The van der Waals surface area contributed by atoms with E-state index in [1.54, 1.807) is 24.3 Å². The van der Waals surface area contributed by atoms with E-state index >= 15 is 0 Å². The third kappa shape index (κ3) is 8.47. The summed E-state index contributed by atoms with van der Waals surface area (Å²) in [4.78, 5) is 72.2. The fraction of sp³-hybridized carbons (Fsp3) is 0.250. The van der Waals surface area contributed by atoms with Crippen LogP contribution in [0.4, 0.5) is 0 Å². The molecule has 3 unspecified atom stereocenters. The third-order valence-corrected chi connectivity index (χ3v) is 10.8. The number of hydrogen-bond acceptors (Lipinski definition) is 10. The van der Waals surface area contributed by atoms with Crippen LogP contribution >= 0.6 is 0 Å². The van der Waals surface area contributed by atoms with Crippen molar-refractivity contribution >= 4 is 35.8 Å². The van der Waals surface area contributed by atoms with E-state index in [-0.39, 0.29) is 98.5 Å². The van der Waals surface area contributed by atoms with Crippen LogP contribution in [0.3, 0.4) is 0 Å². The molecule has 20 nitrogen and oxygen atoms in total. The van der Waals surface area contributed by atoms with Crippen LogP contribution in [-0.2, 0) is 0 Å². The summed E-state index contributed by atoms with van der Waals surface area (Å²) >= 11 is 0. The van der Waals surface area contributed by atoms with Crippen molar-refractivity contribution in [1.29, 1.82) is 0 Å². The maximum atomic E-state index is 12.0. The molecule has 4 aromatic rings. The summed E-state index contributed by atoms with van der Waals surface area (Å²) in [5.74, 6) is -7.22. The highest BCUT2D eigenvalue weighted by molar-refractivity contribution is 5.95. The van der Waals surface area contributed by atoms with Gasteiger partial charge >= 0.3 is 35.8 Å². The number of rotatable bonds is 18. The minimum atomic E-state index is -1.38. The highest BCUT2D eigenvalue weighted by Gasteiger charge is 2.74. The lowest BCUT2D eigenvalue weighted by Crippen LogP contribution is -3.31. The molecule has 4 fully saturated rings. The van der Waals surface area contributed by atoms with Gasteiger partial charge in [0.1, 0.15) is 23.0 Å². The van der Waals surface area contributed by atoms with E-state index in [0.717, 1.165) is 17.0 Å². The summed E-state index contributed by atoms with van der Waals surface area (Å²) in [6.07, 6.45) is -0.517. The molecule has 0 aromatic heterocycles. The van der Waals surface area contributed by atoms with E-state index in [1.165, 1.54) is 48.5 Å². The number of carbonyl (C=O) groups is 6. The molecule has 4 bridgehead atoms. The molecule has 0 aliphatic carbocycles. The summed E-state index contributed by atoms with van der Waals surface area (Å²) in [7, 11) is 0. The molecule has 3 atom stereocenters. The van der Waals surface area contributed by atoms with E-state index in [2.05, 4.69) is 0 Å². The first kappa shape index (κ1) is 40.9. The minimum absolute atomic E-state index is 0.0149. The predicted molar refractivity (Wildman–Crippen MR) is 199 cm³/mol. The predicted octanol–water partition coefficient (Wildman–Crippen LogP) is 1.85. The summed E-state index contributed by atoms with van der Waals surface area (Å²) in [6.45, 7) is 1.63. The van der Waals surface area contributed by atoms with Crippen LogP contribution in [0.25, 0.3) is 0 Å². The SMILES string of the molecule is O=C(O)c1cccc(OC[N+]23C[NH+]4C[N+](COc5cccc(C(=O)O)c5)(C2)C[N+](COc2cc(C(=O)O)cc(C(=O)O)c2)(C3)C4COc2cc(C(=O)O)cc(C(=O)O)c2)c1. The number of hydrogen-bond donors (Lipinski definition) is 7. The Kier molecular flexibility index (Phi) is 10.8. The Morgan fingerprint density at radius 3 is 1.23 bits per heavy atom. The second kappa shape index (κ2) is 15.8. The fourth-order valence-electron chi connectivity index (χ4n) is 8.67. The van der Waals surface area contributed by atoms with Gasteiger partial charge in [-0.25, -0.2) is 28.8 Å². The average molecular weight is 833 g/mol. The van der Waals surface area contributed by atoms with Crippen LogP contribution < -0.4 is 23.8 Å². The number of aromatic carboxylic acids is 6. The van der Waals surface area contributed by atoms with Gasteiger partial charge in [0.05, 0.1) is 33.4 Å². The third-order valence-electron chi connectivity index (χ3n) is 10.8. The van der Waals surface area contributed by atoms with Gasteiger partial charge in [-0.2, -0.15) is 13.9 Å². The van der Waals surface area contributed by atoms with Crippen molar-refractivity contribution in [1.82, 2.24) is 0 Å². The molecular weight excluding hydrogens is 792 g/mol. The van der Waals surface area contributed by atoms with Crippen molar-refractivity contribution in [3.05, 3.63) is 118 Å². The van der Waals surface area contributed by atoms with Gasteiger partial charge in [-0.05, 0) is 72.8 Å². The van der Waals surface area contributed by atoms with Crippen molar-refractivity contribution in [2.45, 2.75) is 6.17 Å². The Hall–Kier alpha value is -7.26. The summed E-state index contributed by atoms with van der Waals surface area (Å²) in [5, 5.41) is 58.1. The van der Waals surface area contributed by atoms with Crippen LogP contribution in [-0.4, -0.2) is 146 Å². The van der Waals surface area contributed by atoms with Crippen molar-refractivity contribution in [2.24, 2.45) is 0 Å². The van der Waals surface area contributed by atoms with Gasteiger partial charge in [0.15, 0.2) is 6.61 Å². The highest BCUT2D eigenvalue weighted by Crippen LogP contribution is 2.37. The molecule has 4 heterocycles. The Morgan fingerprint density at radius 2 is 0.833 bits per heavy atom. The van der Waals surface area contributed by atoms with Crippen molar-refractivity contribution < 1.29 is 96.7 Å². The lowest BCUT2D eigenvalue weighted by Gasteiger charge is -2.64. The number of carboxylic acids is 6. The molecule has 0 saturated carbocycles. The molecule has 60 heavy (non-hydrogen) atoms. The van der Waals surface area contributed by atoms with Crippen molar-refractivity contribution in [3.63, 3.8) is 0 Å². The molecule has 8 rings (SSSR count). The van der Waals surface area contributed by atoms with E-state index < -0.39 is 42.0 Å². The second-order valence-corrected chi connectivity index (χ2v) is 15.3. The highest BCUT2D eigenvalue weighted by atomic mass is 16.5. The first-order chi connectivity index (χ1) is 28.5. The quantitative estimate of drug-likeness (QED) is 0.0706. The van der Waals surface area contributed by atoms with Crippen LogP contribution in [0.2, 0.25) is 0 Å². The number of nitrogens with one attached hydrogen (secondary N) is 1. The monoisotopic (exact) mass is 832 g/mol. The average Bonchev–Trinajstić information content (AvgIpc) is 3.21. The summed E-state index contributed by atoms with van der Waals surface area (Å²) in [5.41, 5.74) is -1.21. The fourth-order valence-corrected chi connectivity index (χ4v) is 8.67. The largest absolute Gasteiger partial charge is 0.480 e. The Morgan fingerprint density at radius 1 is 0.467 bits per heavy atom. The second-order valence-electron chi connectivity index (χ2n) is 15.3. The van der Waals surface area contributed by atoms with Crippen LogP contribution in [0.1, 0.15) is 62.1 Å². The summed E-state index contributed by atoms with van der Waals surface area (Å²) < 4.78 is 25.7. The smallest absolute Gasteiger partial charge is 0.335 e. The van der Waals surface area contributed by atoms with Crippen molar-refractivity contribution in [3.8, 4) is 23.0 Å². The lowest BCUT2D eigenvalue weighted by molar-refractivity contribution is -1.45. The lowest BCUT2D eigenvalue weighted by atomic mass is 10.1. The molecule has 7 N–H and O–H groups in total. The molecule has 4 aliphatic heterocycles. The molecule has 4 aromatic carbocycles. The van der Waals surface area contributed by atoms with Crippen LogP contribution in [0, 0.1) is 0 Å². The first-order valence-corrected chi connectivity index (χ1v) is 18.3. The van der Waals surface area contributed by atoms with E-state index in [9.17, 15) is 59.4 Å². The molecule has 0 amide bonds. The Labute approximate surface area is 339 Å². The number of carboxylic acid groups (broad SMARTS) is 6. The molecular formula is C40H40N4O16+4. The van der Waals surface area contributed by atoms with Gasteiger partial charge < -0.3 is 49.6 Å². The Bertz CT molecular complexity index is 2280. The van der Waals surface area contributed by atoms with Crippen LogP contribution in [0.5, 0.6) is 23.0 Å². The number of quaternary nitrogens is 4. The van der Waals surface area contributed by atoms with Gasteiger partial charge in [-0.3, -0.25) is 0 Å². The standard InChI is InChI=1S/C40H36N4O16/c45-35(46)24-3-1-5-30(9-24)58-21-42-16-41-17-43(18-42,22-59-31-6-2-4-25(10-31)36(47)48)20-44(19-42,23-60-33-13-28(39(53)54)8-29(14-33)40(55)56)34(41)15-57-32-11-26(37(49)50)7-27(12-32)38(51)52/h1-14,34H,15-23H2,(H3-3,45,46,47,48,49,50,51,52,53,54,55,56)/p+4. The first-order valence-electron chi connectivity index (χ1n) is 18.3. The minimum Gasteiger partial charge on any atom is -0.480 e. The van der Waals surface area contributed by atoms with Gasteiger partial charge in [0.25, 0.3) is 6.17 Å². The van der Waals surface area contributed by atoms with Gasteiger partial charge in [-0.15, -0.1) is 4.48 Å². The van der Waals surface area contributed by atoms with E-state index in [4.69, 9.17) is 18.9 Å². The zero-order valence-electron chi connectivity index (χ0n) is 31.6. The zero-order chi connectivity index (χ0) is 43.0. The zero-order valence-corrected chi connectivity index (χ0v) is 31.6. The van der Waals surface area contributed by atoms with E-state index in [0.29, 0.717) is 31.5 Å². The number of benzene rings is 4. The number of ether oxygens (including phenoxy) is 4. The van der Waals surface area contributed by atoms with Crippen LogP contribution in [0.15, 0.2) is 84.9 Å². The van der Waals surface area contributed by atoms with Gasteiger partial charge in [0, 0.05) is 0 Å². The van der Waals surface area contributed by atoms with Crippen molar-refractivity contribution in [2.75, 3.05) is 60.1 Å². The topological polar surface area (TPSA) is 265 Å². The molecule has 0 radical (unpaired) electrons. The van der Waals surface area contributed by atoms with Gasteiger partial charge in [-0.1, -0.05) is 12.1 Å². The number of nitrogens with zero attached hydrogens (tertiary/aromatic N) is 3. The Balaban J connectivity index is 1.28. The maximum absolute atomic E-state index is 12.0. The molecule has 4 saturated heterocycles. The summed E-state index contributed by atoms with van der Waals surface area (Å²) in [6, 6.07) is 18.9. The normalized spacial score (nSPS) is 23.6. The molecule has 20 heteroatoms. The maximum Gasteiger partial charge on any atom is 0.335 e. The molecule has 4 aliphatic rings. The molecule has 312 valence electrons. The molecule has 0 spiro atoms.